The molecule has 1 aliphatic rings. The number of hydrogen-bond donors (Lipinski definition) is 1. The predicted octanol–water partition coefficient (Wildman–Crippen LogP) is 4.29. The lowest BCUT2D eigenvalue weighted by Crippen LogP contribution is -2.41. The molecule has 35 heavy (non-hydrogen) atoms. The van der Waals surface area contributed by atoms with E-state index < -0.39 is 17.6 Å². The zero-order chi connectivity index (χ0) is 24.6. The number of benzene rings is 1. The third kappa shape index (κ3) is 4.67. The van der Waals surface area contributed by atoms with Gasteiger partial charge in [0.25, 0.3) is 5.91 Å². The summed E-state index contributed by atoms with van der Waals surface area (Å²) in [7, 11) is 0. The summed E-state index contributed by atoms with van der Waals surface area (Å²) >= 11 is 0. The van der Waals surface area contributed by atoms with Gasteiger partial charge in [-0.25, -0.2) is 9.50 Å². The van der Waals surface area contributed by atoms with Crippen molar-refractivity contribution in [3.63, 3.8) is 0 Å². The molecule has 0 bridgehead atoms. The van der Waals surface area contributed by atoms with E-state index >= 15 is 0 Å². The van der Waals surface area contributed by atoms with E-state index in [4.69, 9.17) is 4.74 Å². The number of ether oxygens (including phenoxy) is 1. The first kappa shape index (κ1) is 22.8. The summed E-state index contributed by atoms with van der Waals surface area (Å²) in [6.07, 6.45) is 1.93. The Morgan fingerprint density at radius 3 is 2.69 bits per heavy atom. The number of amides is 1. The van der Waals surface area contributed by atoms with Crippen molar-refractivity contribution in [3.05, 3.63) is 72.3 Å². The van der Waals surface area contributed by atoms with Crippen molar-refractivity contribution in [1.82, 2.24) is 19.6 Å². The summed E-state index contributed by atoms with van der Waals surface area (Å²) in [4.78, 5) is 24.0. The second kappa shape index (κ2) is 8.99. The van der Waals surface area contributed by atoms with E-state index in [1.165, 1.54) is 22.8 Å². The molecule has 1 aliphatic heterocycles. The number of hydrogen-bond acceptors (Lipinski definition) is 6. The lowest BCUT2D eigenvalue weighted by atomic mass is 10.1. The van der Waals surface area contributed by atoms with E-state index in [1.54, 1.807) is 24.7 Å². The zero-order valence-electron chi connectivity index (χ0n) is 18.7. The average molecular weight is 482 g/mol. The number of nitrogens with zero attached hydrogens (tertiary/aromatic N) is 5. The Morgan fingerprint density at radius 2 is 1.94 bits per heavy atom. The summed E-state index contributed by atoms with van der Waals surface area (Å²) in [5.41, 5.74) is 2.07. The van der Waals surface area contributed by atoms with Gasteiger partial charge in [0.2, 0.25) is 0 Å². The minimum absolute atomic E-state index is 0.0637. The maximum Gasteiger partial charge on any atom is 0.416 e. The molecule has 1 atom stereocenters. The Labute approximate surface area is 198 Å². The van der Waals surface area contributed by atoms with E-state index in [-0.39, 0.29) is 17.3 Å². The van der Waals surface area contributed by atoms with Gasteiger partial charge in [-0.1, -0.05) is 12.1 Å². The van der Waals surface area contributed by atoms with Crippen LogP contribution in [-0.2, 0) is 10.9 Å². The second-order valence-electron chi connectivity index (χ2n) is 8.19. The van der Waals surface area contributed by atoms with Crippen molar-refractivity contribution in [2.24, 2.45) is 0 Å². The molecular formula is C24H21F3N6O2. The number of morpholine rings is 1. The summed E-state index contributed by atoms with van der Waals surface area (Å²) in [5, 5.41) is 7.11. The molecule has 0 spiro atoms. The first-order valence-corrected chi connectivity index (χ1v) is 10.9. The van der Waals surface area contributed by atoms with Crippen LogP contribution in [0.25, 0.3) is 16.9 Å². The summed E-state index contributed by atoms with van der Waals surface area (Å²) in [6, 6.07) is 8.06. The molecule has 3 aromatic heterocycles. The molecule has 4 aromatic rings. The van der Waals surface area contributed by atoms with Gasteiger partial charge in [-0.3, -0.25) is 9.78 Å². The maximum absolute atomic E-state index is 13.2. The molecule has 1 N–H and O–H groups in total. The highest BCUT2D eigenvalue weighted by molar-refractivity contribution is 6.09. The highest BCUT2D eigenvalue weighted by Crippen LogP contribution is 2.31. The highest BCUT2D eigenvalue weighted by atomic mass is 19.4. The van der Waals surface area contributed by atoms with E-state index in [9.17, 15) is 18.0 Å². The van der Waals surface area contributed by atoms with E-state index in [1.807, 2.05) is 13.0 Å². The van der Waals surface area contributed by atoms with E-state index in [0.29, 0.717) is 36.6 Å². The van der Waals surface area contributed by atoms with Crippen LogP contribution in [0.4, 0.5) is 24.5 Å². The number of rotatable bonds is 4. The van der Waals surface area contributed by atoms with Crippen LogP contribution in [0.3, 0.4) is 0 Å². The van der Waals surface area contributed by atoms with Gasteiger partial charge in [-0.15, -0.1) is 0 Å². The van der Waals surface area contributed by atoms with Crippen molar-refractivity contribution in [2.75, 3.05) is 29.9 Å². The number of nitrogens with one attached hydrogen (secondary N) is 1. The maximum atomic E-state index is 13.2. The largest absolute Gasteiger partial charge is 0.416 e. The molecule has 0 saturated carbocycles. The number of alkyl halides is 3. The number of carbonyl (C=O) groups is 1. The van der Waals surface area contributed by atoms with Gasteiger partial charge in [0, 0.05) is 31.0 Å². The van der Waals surface area contributed by atoms with Crippen LogP contribution < -0.4 is 10.2 Å². The third-order valence-electron chi connectivity index (χ3n) is 5.74. The van der Waals surface area contributed by atoms with Gasteiger partial charge >= 0.3 is 6.18 Å². The number of imidazole rings is 1. The molecule has 1 fully saturated rings. The monoisotopic (exact) mass is 482 g/mol. The van der Waals surface area contributed by atoms with E-state index in [0.717, 1.165) is 17.8 Å². The van der Waals surface area contributed by atoms with Crippen LogP contribution in [0.5, 0.6) is 0 Å². The van der Waals surface area contributed by atoms with Crippen LogP contribution in [0, 0.1) is 0 Å². The van der Waals surface area contributed by atoms with E-state index in [2.05, 4.69) is 25.3 Å². The molecule has 0 radical (unpaired) electrons. The van der Waals surface area contributed by atoms with Gasteiger partial charge in [-0.05, 0) is 31.2 Å². The minimum Gasteiger partial charge on any atom is -0.375 e. The number of aromatic nitrogens is 4. The average Bonchev–Trinajstić information content (AvgIpc) is 3.28. The van der Waals surface area contributed by atoms with Gasteiger partial charge in [-0.2, -0.15) is 18.3 Å². The SMILES string of the molecule is CC1CN(c2ccncc2NC(=O)c2ccnn3cc(-c4ccc(C(F)(F)F)cc4)nc23)CCO1. The molecule has 1 saturated heterocycles. The normalized spacial score (nSPS) is 16.5. The number of halogens is 3. The number of pyridine rings is 1. The smallest absolute Gasteiger partial charge is 0.375 e. The van der Waals surface area contributed by atoms with Gasteiger partial charge in [0.05, 0.1) is 53.3 Å². The van der Waals surface area contributed by atoms with Gasteiger partial charge in [0.15, 0.2) is 5.65 Å². The highest BCUT2D eigenvalue weighted by Gasteiger charge is 2.30. The van der Waals surface area contributed by atoms with Gasteiger partial charge in [0.1, 0.15) is 0 Å². The van der Waals surface area contributed by atoms with Crippen molar-refractivity contribution in [1.29, 1.82) is 0 Å². The standard InChI is InChI=1S/C24H21F3N6O2/c1-15-13-32(10-11-35-15)21-7-8-28-12-19(21)31-23(34)18-6-9-29-33-14-20(30-22(18)33)16-2-4-17(5-3-16)24(25,26)27/h2-9,12,14-15H,10-11,13H2,1H3,(H,31,34). The lowest BCUT2D eigenvalue weighted by molar-refractivity contribution is -0.137. The molecule has 5 rings (SSSR count). The fraction of sp³-hybridized carbons (Fsp3) is 0.250. The van der Waals surface area contributed by atoms with Crippen LogP contribution in [0.1, 0.15) is 22.8 Å². The van der Waals surface area contributed by atoms with Crippen molar-refractivity contribution >= 4 is 22.9 Å². The Balaban J connectivity index is 1.43. The lowest BCUT2D eigenvalue weighted by Gasteiger charge is -2.33. The Bertz CT molecular complexity index is 1370. The van der Waals surface area contributed by atoms with Crippen molar-refractivity contribution < 1.29 is 22.7 Å². The summed E-state index contributed by atoms with van der Waals surface area (Å²) in [6.45, 7) is 3.95. The van der Waals surface area contributed by atoms with Crippen molar-refractivity contribution in [3.8, 4) is 11.3 Å². The topological polar surface area (TPSA) is 84.7 Å². The molecule has 1 aromatic carbocycles. The Morgan fingerprint density at radius 1 is 1.14 bits per heavy atom. The molecule has 1 amide bonds. The first-order valence-electron chi connectivity index (χ1n) is 10.9. The van der Waals surface area contributed by atoms with Crippen LogP contribution in [0.2, 0.25) is 0 Å². The molecule has 11 heteroatoms. The molecular weight excluding hydrogens is 461 g/mol. The fourth-order valence-electron chi connectivity index (χ4n) is 4.03. The van der Waals surface area contributed by atoms with Crippen LogP contribution in [0.15, 0.2) is 61.2 Å². The molecule has 0 aliphatic carbocycles. The number of fused-ring (bicyclic) bond motifs is 1. The second-order valence-corrected chi connectivity index (χ2v) is 8.19. The van der Waals surface area contributed by atoms with Crippen LogP contribution >= 0.6 is 0 Å². The predicted molar refractivity (Wildman–Crippen MR) is 123 cm³/mol. The Hall–Kier alpha value is -3.99. The van der Waals surface area contributed by atoms with Crippen molar-refractivity contribution in [2.45, 2.75) is 19.2 Å². The molecule has 4 heterocycles. The fourth-order valence-corrected chi connectivity index (χ4v) is 4.03. The van der Waals surface area contributed by atoms with Gasteiger partial charge < -0.3 is 15.0 Å². The summed E-state index contributed by atoms with van der Waals surface area (Å²) < 4.78 is 45.7. The minimum atomic E-state index is -4.42. The molecule has 1 unspecified atom stereocenters. The first-order chi connectivity index (χ1) is 16.8. The third-order valence-corrected chi connectivity index (χ3v) is 5.74. The summed E-state index contributed by atoms with van der Waals surface area (Å²) in [5.74, 6) is -0.405. The number of carbonyl (C=O) groups excluding carboxylic acids is 1. The Kier molecular flexibility index (Phi) is 5.85. The molecule has 8 nitrogen and oxygen atoms in total. The number of anilines is 2. The molecule has 180 valence electrons. The zero-order valence-corrected chi connectivity index (χ0v) is 18.7. The quantitative estimate of drug-likeness (QED) is 0.467. The van der Waals surface area contributed by atoms with Crippen LogP contribution in [-0.4, -0.2) is 51.3 Å².